The van der Waals surface area contributed by atoms with Gasteiger partial charge < -0.3 is 9.84 Å². The van der Waals surface area contributed by atoms with Crippen molar-refractivity contribution in [1.29, 1.82) is 0 Å². The highest BCUT2D eigenvalue weighted by Crippen LogP contribution is 2.25. The molecule has 0 spiro atoms. The third-order valence-electron chi connectivity index (χ3n) is 4.26. The fourth-order valence-corrected chi connectivity index (χ4v) is 3.15. The van der Waals surface area contributed by atoms with Gasteiger partial charge in [0.2, 0.25) is 0 Å². The Balaban J connectivity index is 1.72. The van der Waals surface area contributed by atoms with Crippen molar-refractivity contribution in [3.05, 3.63) is 64.7 Å². The van der Waals surface area contributed by atoms with E-state index < -0.39 is 5.60 Å². The molecule has 1 aliphatic rings. The van der Waals surface area contributed by atoms with Crippen LogP contribution in [0.25, 0.3) is 0 Å². The SMILES string of the molecule is OCC1(Cc2ccccc2F)CN(Cc2ccc(Cl)cn2)CCO1. The highest BCUT2D eigenvalue weighted by molar-refractivity contribution is 6.30. The van der Waals surface area contributed by atoms with E-state index in [1.165, 1.54) is 6.07 Å². The van der Waals surface area contributed by atoms with Crippen LogP contribution in [-0.2, 0) is 17.7 Å². The van der Waals surface area contributed by atoms with Crippen LogP contribution in [0.3, 0.4) is 0 Å². The van der Waals surface area contributed by atoms with Gasteiger partial charge in [-0.05, 0) is 23.8 Å². The van der Waals surface area contributed by atoms with Crippen molar-refractivity contribution in [2.45, 2.75) is 18.6 Å². The van der Waals surface area contributed by atoms with Crippen molar-refractivity contribution in [2.24, 2.45) is 0 Å². The number of rotatable bonds is 5. The molecule has 3 rings (SSSR count). The highest BCUT2D eigenvalue weighted by atomic mass is 35.5. The molecule has 1 aliphatic heterocycles. The van der Waals surface area contributed by atoms with E-state index in [9.17, 15) is 9.50 Å². The summed E-state index contributed by atoms with van der Waals surface area (Å²) >= 11 is 5.86. The molecule has 1 unspecified atom stereocenters. The fraction of sp³-hybridized carbons (Fsp3) is 0.389. The molecular weight excluding hydrogens is 331 g/mol. The fourth-order valence-electron chi connectivity index (χ4n) is 3.03. The lowest BCUT2D eigenvalue weighted by atomic mass is 9.92. The molecule has 1 atom stereocenters. The molecule has 4 nitrogen and oxygen atoms in total. The summed E-state index contributed by atoms with van der Waals surface area (Å²) in [5.74, 6) is -0.273. The van der Waals surface area contributed by atoms with E-state index in [0.29, 0.717) is 36.7 Å². The summed E-state index contributed by atoms with van der Waals surface area (Å²) in [4.78, 5) is 6.47. The molecule has 1 saturated heterocycles. The van der Waals surface area contributed by atoms with Gasteiger partial charge in [-0.3, -0.25) is 9.88 Å². The first kappa shape index (κ1) is 17.3. The molecule has 0 radical (unpaired) electrons. The first-order valence-corrected chi connectivity index (χ1v) is 8.29. The normalized spacial score (nSPS) is 21.8. The Labute approximate surface area is 145 Å². The van der Waals surface area contributed by atoms with Crippen LogP contribution in [0.5, 0.6) is 0 Å². The maximum absolute atomic E-state index is 14.0. The second-order valence-electron chi connectivity index (χ2n) is 6.14. The number of aromatic nitrogens is 1. The summed E-state index contributed by atoms with van der Waals surface area (Å²) < 4.78 is 19.8. The molecule has 6 heteroatoms. The zero-order valence-electron chi connectivity index (χ0n) is 13.3. The zero-order valence-corrected chi connectivity index (χ0v) is 14.0. The molecule has 24 heavy (non-hydrogen) atoms. The van der Waals surface area contributed by atoms with E-state index in [2.05, 4.69) is 9.88 Å². The maximum Gasteiger partial charge on any atom is 0.126 e. The molecular formula is C18H20ClFN2O2. The van der Waals surface area contributed by atoms with Gasteiger partial charge in [-0.2, -0.15) is 0 Å². The molecule has 0 amide bonds. The molecule has 2 heterocycles. The number of ether oxygens (including phenoxy) is 1. The number of nitrogens with zero attached hydrogens (tertiary/aromatic N) is 2. The number of hydrogen-bond acceptors (Lipinski definition) is 4. The van der Waals surface area contributed by atoms with Crippen molar-refractivity contribution in [3.63, 3.8) is 0 Å². The Kier molecular flexibility index (Phi) is 5.46. The zero-order chi connectivity index (χ0) is 17.0. The molecule has 1 aromatic heterocycles. The number of hydrogen-bond donors (Lipinski definition) is 1. The Bertz CT molecular complexity index is 683. The van der Waals surface area contributed by atoms with Gasteiger partial charge in [-0.15, -0.1) is 0 Å². The van der Waals surface area contributed by atoms with Crippen LogP contribution in [0.15, 0.2) is 42.6 Å². The highest BCUT2D eigenvalue weighted by Gasteiger charge is 2.37. The smallest absolute Gasteiger partial charge is 0.126 e. The minimum Gasteiger partial charge on any atom is -0.393 e. The molecule has 1 N–H and O–H groups in total. The summed E-state index contributed by atoms with van der Waals surface area (Å²) in [6.45, 7) is 2.22. The summed E-state index contributed by atoms with van der Waals surface area (Å²) in [5.41, 5.74) is 0.657. The summed E-state index contributed by atoms with van der Waals surface area (Å²) in [7, 11) is 0. The minimum absolute atomic E-state index is 0.161. The van der Waals surface area contributed by atoms with E-state index in [0.717, 1.165) is 12.2 Å². The Morgan fingerprint density at radius 2 is 2.12 bits per heavy atom. The van der Waals surface area contributed by atoms with Gasteiger partial charge in [-0.25, -0.2) is 4.39 Å². The summed E-state index contributed by atoms with van der Waals surface area (Å²) in [5, 5.41) is 10.5. The van der Waals surface area contributed by atoms with Gasteiger partial charge in [0.1, 0.15) is 11.4 Å². The monoisotopic (exact) mass is 350 g/mol. The van der Waals surface area contributed by atoms with Crippen LogP contribution in [0, 0.1) is 5.82 Å². The Hall–Kier alpha value is -1.53. The second kappa shape index (κ2) is 7.57. The van der Waals surface area contributed by atoms with Gasteiger partial charge in [0.15, 0.2) is 0 Å². The van der Waals surface area contributed by atoms with Crippen molar-refractivity contribution in [1.82, 2.24) is 9.88 Å². The van der Waals surface area contributed by atoms with Crippen molar-refractivity contribution < 1.29 is 14.2 Å². The van der Waals surface area contributed by atoms with Gasteiger partial charge >= 0.3 is 0 Å². The maximum atomic E-state index is 14.0. The molecule has 1 fully saturated rings. The van der Waals surface area contributed by atoms with E-state index in [1.807, 2.05) is 12.1 Å². The quantitative estimate of drug-likeness (QED) is 0.900. The number of aliphatic hydroxyl groups excluding tert-OH is 1. The standard InChI is InChI=1S/C18H20ClFN2O2/c19-15-5-6-16(21-10-15)11-22-7-8-24-18(12-22,13-23)9-14-3-1-2-4-17(14)20/h1-6,10,23H,7-9,11-13H2. The summed E-state index contributed by atoms with van der Waals surface area (Å²) in [6.07, 6.45) is 1.96. The van der Waals surface area contributed by atoms with Crippen molar-refractivity contribution in [2.75, 3.05) is 26.3 Å². The lowest BCUT2D eigenvalue weighted by Gasteiger charge is -2.41. The molecule has 128 valence electrons. The number of aliphatic hydroxyl groups is 1. The Morgan fingerprint density at radius 3 is 2.83 bits per heavy atom. The second-order valence-corrected chi connectivity index (χ2v) is 6.57. The topological polar surface area (TPSA) is 45.6 Å². The molecule has 0 bridgehead atoms. The Morgan fingerprint density at radius 1 is 1.29 bits per heavy atom. The van der Waals surface area contributed by atoms with E-state index in [1.54, 1.807) is 24.4 Å². The third-order valence-corrected chi connectivity index (χ3v) is 4.48. The predicted octanol–water partition coefficient (Wildman–Crippen LogP) is 2.68. The van der Waals surface area contributed by atoms with Crippen LogP contribution in [-0.4, -0.2) is 46.9 Å². The van der Waals surface area contributed by atoms with Crippen molar-refractivity contribution >= 4 is 11.6 Å². The molecule has 0 saturated carbocycles. The van der Waals surface area contributed by atoms with Crippen LogP contribution < -0.4 is 0 Å². The average molecular weight is 351 g/mol. The number of halogens is 2. The number of benzene rings is 1. The summed E-state index contributed by atoms with van der Waals surface area (Å²) in [6, 6.07) is 10.3. The first-order valence-electron chi connectivity index (χ1n) is 7.91. The van der Waals surface area contributed by atoms with Gasteiger partial charge in [0.05, 0.1) is 23.9 Å². The lowest BCUT2D eigenvalue weighted by molar-refractivity contribution is -0.134. The first-order chi connectivity index (χ1) is 11.6. The lowest BCUT2D eigenvalue weighted by Crippen LogP contribution is -2.55. The minimum atomic E-state index is -0.799. The van der Waals surface area contributed by atoms with Gasteiger partial charge in [0, 0.05) is 32.3 Å². The number of morpholine rings is 1. The van der Waals surface area contributed by atoms with Crippen molar-refractivity contribution in [3.8, 4) is 0 Å². The van der Waals surface area contributed by atoms with E-state index >= 15 is 0 Å². The molecule has 1 aromatic carbocycles. The average Bonchev–Trinajstić information content (AvgIpc) is 2.59. The molecule has 0 aliphatic carbocycles. The van der Waals surface area contributed by atoms with Crippen LogP contribution in [0.4, 0.5) is 4.39 Å². The largest absolute Gasteiger partial charge is 0.393 e. The predicted molar refractivity (Wildman–Crippen MR) is 90.4 cm³/mol. The van der Waals surface area contributed by atoms with Crippen LogP contribution in [0.2, 0.25) is 5.02 Å². The van der Waals surface area contributed by atoms with E-state index in [-0.39, 0.29) is 12.4 Å². The third kappa shape index (κ3) is 4.11. The van der Waals surface area contributed by atoms with Gasteiger partial charge in [0.25, 0.3) is 0 Å². The van der Waals surface area contributed by atoms with Crippen LogP contribution in [0.1, 0.15) is 11.3 Å². The van der Waals surface area contributed by atoms with E-state index in [4.69, 9.17) is 16.3 Å². The van der Waals surface area contributed by atoms with Crippen LogP contribution >= 0.6 is 11.6 Å². The van der Waals surface area contributed by atoms with Gasteiger partial charge in [-0.1, -0.05) is 29.8 Å². The molecule has 2 aromatic rings. The number of pyridine rings is 1.